The van der Waals surface area contributed by atoms with Crippen molar-refractivity contribution < 1.29 is 8.83 Å². The van der Waals surface area contributed by atoms with Crippen molar-refractivity contribution in [1.82, 2.24) is 25.0 Å². The van der Waals surface area contributed by atoms with Gasteiger partial charge in [0.15, 0.2) is 0 Å². The van der Waals surface area contributed by atoms with E-state index in [2.05, 4.69) is 38.2 Å². The van der Waals surface area contributed by atoms with Crippen LogP contribution in [0.1, 0.15) is 22.4 Å². The zero-order chi connectivity index (χ0) is 19.8. The second kappa shape index (κ2) is 7.70. The maximum Gasteiger partial charge on any atom is 0.251 e. The first-order chi connectivity index (χ1) is 14.1. The van der Waals surface area contributed by atoms with Crippen LogP contribution in [0.15, 0.2) is 39.2 Å². The summed E-state index contributed by atoms with van der Waals surface area (Å²) < 4.78 is 12.7. The number of aromatic nitrogens is 3. The van der Waals surface area contributed by atoms with E-state index in [0.717, 1.165) is 55.3 Å². The number of nitrogens with zero attached hydrogens (tertiary/aromatic N) is 5. The fourth-order valence-corrected chi connectivity index (χ4v) is 4.75. The van der Waals surface area contributed by atoms with Gasteiger partial charge in [-0.1, -0.05) is 12.1 Å². The molecule has 0 spiro atoms. The van der Waals surface area contributed by atoms with Gasteiger partial charge in [-0.05, 0) is 32.0 Å². The van der Waals surface area contributed by atoms with Gasteiger partial charge in [0.25, 0.3) is 5.89 Å². The van der Waals surface area contributed by atoms with E-state index in [1.807, 2.05) is 26.0 Å². The van der Waals surface area contributed by atoms with Crippen LogP contribution in [0.3, 0.4) is 0 Å². The average Bonchev–Trinajstić information content (AvgIpc) is 3.41. The van der Waals surface area contributed by atoms with Gasteiger partial charge in [0.2, 0.25) is 5.89 Å². The molecule has 4 aromatic rings. The van der Waals surface area contributed by atoms with Crippen LogP contribution in [0.4, 0.5) is 0 Å². The van der Waals surface area contributed by atoms with E-state index in [4.69, 9.17) is 13.8 Å². The summed E-state index contributed by atoms with van der Waals surface area (Å²) in [5.74, 6) is 2.84. The summed E-state index contributed by atoms with van der Waals surface area (Å²) in [7, 11) is 0. The number of hydrogen-bond donors (Lipinski definition) is 0. The molecule has 0 aliphatic carbocycles. The Hall–Kier alpha value is -2.55. The molecule has 1 aliphatic rings. The number of para-hydroxylation sites is 1. The lowest BCUT2D eigenvalue weighted by atomic mass is 10.2. The first kappa shape index (κ1) is 18.5. The average molecular weight is 410 g/mol. The fourth-order valence-electron chi connectivity index (χ4n) is 3.75. The van der Waals surface area contributed by atoms with Crippen LogP contribution in [-0.4, -0.2) is 51.2 Å². The minimum Gasteiger partial charge on any atom is -0.466 e. The molecule has 3 aromatic heterocycles. The first-order valence-electron chi connectivity index (χ1n) is 9.83. The molecule has 7 nitrogen and oxygen atoms in total. The van der Waals surface area contributed by atoms with Gasteiger partial charge in [-0.15, -0.1) is 21.5 Å². The van der Waals surface area contributed by atoms with Gasteiger partial charge >= 0.3 is 0 Å². The third-order valence-electron chi connectivity index (χ3n) is 5.26. The molecule has 0 radical (unpaired) electrons. The van der Waals surface area contributed by atoms with Gasteiger partial charge in [-0.25, -0.2) is 4.98 Å². The predicted octanol–water partition coefficient (Wildman–Crippen LogP) is 3.87. The summed E-state index contributed by atoms with van der Waals surface area (Å²) in [5.41, 5.74) is 1.98. The molecular weight excluding hydrogens is 386 g/mol. The first-order valence-corrected chi connectivity index (χ1v) is 10.6. The molecule has 1 aliphatic heterocycles. The summed E-state index contributed by atoms with van der Waals surface area (Å²) in [6.07, 6.45) is 0. The Morgan fingerprint density at radius 3 is 2.45 bits per heavy atom. The monoisotopic (exact) mass is 409 g/mol. The van der Waals surface area contributed by atoms with Crippen molar-refractivity contribution in [3.63, 3.8) is 0 Å². The number of thiazole rings is 1. The van der Waals surface area contributed by atoms with Crippen molar-refractivity contribution >= 4 is 21.6 Å². The van der Waals surface area contributed by atoms with Crippen LogP contribution in [0.2, 0.25) is 0 Å². The standard InChI is InChI=1S/C21H23N5O2S/c1-14-11-16(15(2)27-14)21-24-23-19(28-21)12-25-7-9-26(10-8-25)13-20-22-17-5-3-4-6-18(17)29-20/h3-6,11H,7-10,12-13H2,1-2H3. The highest BCUT2D eigenvalue weighted by Crippen LogP contribution is 2.26. The third kappa shape index (κ3) is 3.96. The Balaban J connectivity index is 1.16. The zero-order valence-corrected chi connectivity index (χ0v) is 17.4. The van der Waals surface area contributed by atoms with Crippen LogP contribution < -0.4 is 0 Å². The molecule has 1 fully saturated rings. The highest BCUT2D eigenvalue weighted by molar-refractivity contribution is 7.18. The number of furan rings is 1. The maximum absolute atomic E-state index is 5.88. The summed E-state index contributed by atoms with van der Waals surface area (Å²) in [5, 5.41) is 9.61. The van der Waals surface area contributed by atoms with E-state index in [1.165, 1.54) is 9.71 Å². The number of hydrogen-bond acceptors (Lipinski definition) is 8. The second-order valence-corrected chi connectivity index (χ2v) is 8.57. The number of aryl methyl sites for hydroxylation is 2. The van der Waals surface area contributed by atoms with Crippen molar-refractivity contribution in [3.05, 3.63) is 52.8 Å². The van der Waals surface area contributed by atoms with Crippen LogP contribution in [0.5, 0.6) is 0 Å². The molecule has 0 amide bonds. The van der Waals surface area contributed by atoms with Crippen molar-refractivity contribution in [1.29, 1.82) is 0 Å². The van der Waals surface area contributed by atoms with Gasteiger partial charge < -0.3 is 8.83 Å². The van der Waals surface area contributed by atoms with Gasteiger partial charge in [0.05, 0.1) is 28.9 Å². The molecule has 0 saturated carbocycles. The van der Waals surface area contributed by atoms with E-state index < -0.39 is 0 Å². The van der Waals surface area contributed by atoms with E-state index in [0.29, 0.717) is 18.3 Å². The Morgan fingerprint density at radius 2 is 1.72 bits per heavy atom. The molecule has 0 unspecified atom stereocenters. The highest BCUT2D eigenvalue weighted by Gasteiger charge is 2.21. The second-order valence-electron chi connectivity index (χ2n) is 7.46. The lowest BCUT2D eigenvalue weighted by Gasteiger charge is -2.33. The van der Waals surface area contributed by atoms with Crippen LogP contribution in [0.25, 0.3) is 21.7 Å². The summed E-state index contributed by atoms with van der Waals surface area (Å²) in [6, 6.07) is 10.3. The summed E-state index contributed by atoms with van der Waals surface area (Å²) in [6.45, 7) is 9.40. The topological polar surface area (TPSA) is 71.4 Å². The highest BCUT2D eigenvalue weighted by atomic mass is 32.1. The molecule has 4 heterocycles. The molecule has 0 atom stereocenters. The lowest BCUT2D eigenvalue weighted by molar-refractivity contribution is 0.114. The zero-order valence-electron chi connectivity index (χ0n) is 16.6. The van der Waals surface area contributed by atoms with Crippen molar-refractivity contribution in [2.75, 3.05) is 26.2 Å². The minimum absolute atomic E-state index is 0.531. The Labute approximate surface area is 173 Å². The molecule has 0 bridgehead atoms. The number of fused-ring (bicyclic) bond motifs is 1. The van der Waals surface area contributed by atoms with Crippen molar-refractivity contribution in [3.8, 4) is 11.5 Å². The molecule has 150 valence electrons. The lowest BCUT2D eigenvalue weighted by Crippen LogP contribution is -2.45. The van der Waals surface area contributed by atoms with E-state index in [-0.39, 0.29) is 0 Å². The Morgan fingerprint density at radius 1 is 0.966 bits per heavy atom. The van der Waals surface area contributed by atoms with Crippen LogP contribution >= 0.6 is 11.3 Å². The minimum atomic E-state index is 0.531. The van der Waals surface area contributed by atoms with Gasteiger partial charge in [-0.2, -0.15) is 0 Å². The van der Waals surface area contributed by atoms with E-state index in [9.17, 15) is 0 Å². The summed E-state index contributed by atoms with van der Waals surface area (Å²) >= 11 is 1.79. The van der Waals surface area contributed by atoms with Crippen molar-refractivity contribution in [2.45, 2.75) is 26.9 Å². The molecule has 1 aromatic carbocycles. The normalized spacial score (nSPS) is 16.1. The van der Waals surface area contributed by atoms with Gasteiger partial charge in [0.1, 0.15) is 16.5 Å². The Bertz CT molecular complexity index is 1090. The molecular formula is C21H23N5O2S. The molecule has 0 N–H and O–H groups in total. The van der Waals surface area contributed by atoms with Gasteiger partial charge in [-0.3, -0.25) is 9.80 Å². The quantitative estimate of drug-likeness (QED) is 0.495. The molecule has 5 rings (SSSR count). The number of piperazine rings is 1. The van der Waals surface area contributed by atoms with Crippen LogP contribution in [-0.2, 0) is 13.1 Å². The SMILES string of the molecule is Cc1cc(-c2nnc(CN3CCN(Cc4nc5ccccc5s4)CC3)o2)c(C)o1. The molecule has 29 heavy (non-hydrogen) atoms. The molecule has 8 heteroatoms. The van der Waals surface area contributed by atoms with Gasteiger partial charge in [0, 0.05) is 26.2 Å². The number of rotatable bonds is 5. The largest absolute Gasteiger partial charge is 0.466 e. The maximum atomic E-state index is 5.88. The van der Waals surface area contributed by atoms with Crippen molar-refractivity contribution in [2.24, 2.45) is 0 Å². The predicted molar refractivity (Wildman–Crippen MR) is 112 cm³/mol. The molecule has 1 saturated heterocycles. The van der Waals surface area contributed by atoms with E-state index in [1.54, 1.807) is 11.3 Å². The number of benzene rings is 1. The van der Waals surface area contributed by atoms with Crippen LogP contribution in [0, 0.1) is 13.8 Å². The third-order valence-corrected chi connectivity index (χ3v) is 6.28. The Kier molecular flexibility index (Phi) is 4.91. The smallest absolute Gasteiger partial charge is 0.251 e. The van der Waals surface area contributed by atoms with E-state index >= 15 is 0 Å². The summed E-state index contributed by atoms with van der Waals surface area (Å²) in [4.78, 5) is 9.58. The fraction of sp³-hybridized carbons (Fsp3) is 0.381.